The number of benzene rings is 2. The van der Waals surface area contributed by atoms with Crippen molar-refractivity contribution in [3.05, 3.63) is 58.7 Å². The number of hydrogen-bond acceptors (Lipinski definition) is 4. The number of anilines is 1. The molecule has 1 heterocycles. The average Bonchev–Trinajstić information content (AvgIpc) is 2.76. The number of para-hydroxylation sites is 1. The maximum atomic E-state index is 12.9. The number of aryl methyl sites for hydroxylation is 2. The van der Waals surface area contributed by atoms with Crippen molar-refractivity contribution in [1.29, 1.82) is 0 Å². The highest BCUT2D eigenvalue weighted by Gasteiger charge is 2.23. The molecule has 1 aliphatic heterocycles. The molecule has 7 heteroatoms. The summed E-state index contributed by atoms with van der Waals surface area (Å²) in [6, 6.07) is 12.2. The number of nitrogens with one attached hydrogen (secondary N) is 1. The van der Waals surface area contributed by atoms with Crippen LogP contribution in [-0.2, 0) is 14.8 Å². The molecule has 168 valence electrons. The third-order valence-electron chi connectivity index (χ3n) is 6.18. The molecule has 1 amide bonds. The molecule has 0 saturated carbocycles. The Hall–Kier alpha value is -2.38. The second kappa shape index (κ2) is 9.83. The van der Waals surface area contributed by atoms with E-state index in [2.05, 4.69) is 21.8 Å². The Kier molecular flexibility index (Phi) is 7.38. The lowest BCUT2D eigenvalue weighted by Gasteiger charge is -2.36. The van der Waals surface area contributed by atoms with Gasteiger partial charge in [-0.1, -0.05) is 24.3 Å². The van der Waals surface area contributed by atoms with Crippen molar-refractivity contribution in [2.45, 2.75) is 45.4 Å². The largest absolute Gasteiger partial charge is 0.368 e. The molecule has 1 aliphatic rings. The number of hydrogen-bond donors (Lipinski definition) is 1. The van der Waals surface area contributed by atoms with Crippen molar-refractivity contribution in [2.75, 3.05) is 37.6 Å². The fraction of sp³-hybridized carbons (Fsp3) is 0.458. The monoisotopic (exact) mass is 443 g/mol. The fourth-order valence-corrected chi connectivity index (χ4v) is 5.80. The topological polar surface area (TPSA) is 69.7 Å². The molecule has 1 fully saturated rings. The molecule has 6 nitrogen and oxygen atoms in total. The van der Waals surface area contributed by atoms with Gasteiger partial charge in [0, 0.05) is 44.8 Å². The number of piperazine rings is 1. The Morgan fingerprint density at radius 3 is 2.10 bits per heavy atom. The van der Waals surface area contributed by atoms with Crippen LogP contribution in [0.15, 0.2) is 41.3 Å². The van der Waals surface area contributed by atoms with E-state index in [-0.39, 0.29) is 12.5 Å². The van der Waals surface area contributed by atoms with E-state index in [1.54, 1.807) is 0 Å². The molecule has 0 atom stereocenters. The summed E-state index contributed by atoms with van der Waals surface area (Å²) in [4.78, 5) is 17.1. The third-order valence-corrected chi connectivity index (χ3v) is 7.91. The predicted octanol–water partition coefficient (Wildman–Crippen LogP) is 3.33. The van der Waals surface area contributed by atoms with Gasteiger partial charge in [0.25, 0.3) is 0 Å². The summed E-state index contributed by atoms with van der Waals surface area (Å²) in [5, 5.41) is 0. The first-order chi connectivity index (χ1) is 14.7. The van der Waals surface area contributed by atoms with Gasteiger partial charge in [-0.3, -0.25) is 4.79 Å². The Bertz CT molecular complexity index is 1000. The van der Waals surface area contributed by atoms with Crippen LogP contribution in [0, 0.1) is 27.7 Å². The van der Waals surface area contributed by atoms with Gasteiger partial charge in [-0.15, -0.1) is 0 Å². The Morgan fingerprint density at radius 2 is 1.52 bits per heavy atom. The molecule has 0 bridgehead atoms. The van der Waals surface area contributed by atoms with Crippen molar-refractivity contribution in [3.63, 3.8) is 0 Å². The van der Waals surface area contributed by atoms with E-state index in [4.69, 9.17) is 0 Å². The molecule has 0 radical (unpaired) electrons. The Morgan fingerprint density at radius 1 is 0.935 bits per heavy atom. The normalized spacial score (nSPS) is 14.7. The predicted molar refractivity (Wildman–Crippen MR) is 125 cm³/mol. The number of carbonyl (C=O) groups is 1. The van der Waals surface area contributed by atoms with Gasteiger partial charge in [0.15, 0.2) is 0 Å². The van der Waals surface area contributed by atoms with Crippen molar-refractivity contribution in [2.24, 2.45) is 0 Å². The van der Waals surface area contributed by atoms with E-state index in [1.165, 1.54) is 5.69 Å². The molecule has 0 spiro atoms. The summed E-state index contributed by atoms with van der Waals surface area (Å²) in [7, 11) is -3.61. The SMILES string of the molecule is Cc1cc(C)c(C)c(S(=O)(=O)NCCCC(=O)N2CCN(c3ccccc3)CC2)c1C. The summed E-state index contributed by atoms with van der Waals surface area (Å²) in [6.45, 7) is 10.8. The highest BCUT2D eigenvalue weighted by Crippen LogP contribution is 2.26. The molecular weight excluding hydrogens is 410 g/mol. The molecule has 2 aromatic rings. The summed E-state index contributed by atoms with van der Waals surface area (Å²) in [6.07, 6.45) is 0.832. The minimum absolute atomic E-state index is 0.0886. The van der Waals surface area contributed by atoms with Crippen molar-refractivity contribution >= 4 is 21.6 Å². The molecule has 0 unspecified atom stereocenters. The van der Waals surface area contributed by atoms with Gasteiger partial charge < -0.3 is 9.80 Å². The van der Waals surface area contributed by atoms with Gasteiger partial charge in [0.05, 0.1) is 4.90 Å². The number of nitrogens with zero attached hydrogens (tertiary/aromatic N) is 2. The van der Waals surface area contributed by atoms with E-state index in [9.17, 15) is 13.2 Å². The van der Waals surface area contributed by atoms with Crippen LogP contribution in [0.2, 0.25) is 0 Å². The van der Waals surface area contributed by atoms with Gasteiger partial charge in [0.1, 0.15) is 0 Å². The smallest absolute Gasteiger partial charge is 0.241 e. The third kappa shape index (κ3) is 5.46. The molecule has 2 aromatic carbocycles. The summed E-state index contributed by atoms with van der Waals surface area (Å²) >= 11 is 0. The molecule has 1 saturated heterocycles. The molecule has 1 N–H and O–H groups in total. The zero-order valence-corrected chi connectivity index (χ0v) is 19.8. The Balaban J connectivity index is 1.48. The zero-order valence-electron chi connectivity index (χ0n) is 18.9. The van der Waals surface area contributed by atoms with Crippen LogP contribution >= 0.6 is 0 Å². The van der Waals surface area contributed by atoms with Gasteiger partial charge >= 0.3 is 0 Å². The van der Waals surface area contributed by atoms with Crippen LogP contribution in [0.3, 0.4) is 0 Å². The van der Waals surface area contributed by atoms with Gasteiger partial charge in [-0.05, 0) is 68.5 Å². The van der Waals surface area contributed by atoms with E-state index >= 15 is 0 Å². The van der Waals surface area contributed by atoms with E-state index in [0.29, 0.717) is 30.8 Å². The first kappa shape index (κ1) is 23.3. The highest BCUT2D eigenvalue weighted by molar-refractivity contribution is 7.89. The summed E-state index contributed by atoms with van der Waals surface area (Å²) < 4.78 is 28.5. The molecule has 3 rings (SSSR count). The molecule has 31 heavy (non-hydrogen) atoms. The highest BCUT2D eigenvalue weighted by atomic mass is 32.2. The van der Waals surface area contributed by atoms with Gasteiger partial charge in [-0.2, -0.15) is 0 Å². The van der Waals surface area contributed by atoms with Crippen LogP contribution in [0.25, 0.3) is 0 Å². The second-order valence-corrected chi connectivity index (χ2v) is 10.00. The van der Waals surface area contributed by atoms with Crippen LogP contribution < -0.4 is 9.62 Å². The number of sulfonamides is 1. The second-order valence-electron chi connectivity index (χ2n) is 8.29. The van der Waals surface area contributed by atoms with Crippen molar-refractivity contribution in [3.8, 4) is 0 Å². The lowest BCUT2D eigenvalue weighted by molar-refractivity contribution is -0.131. The zero-order chi connectivity index (χ0) is 22.6. The quantitative estimate of drug-likeness (QED) is 0.667. The van der Waals surface area contributed by atoms with Crippen molar-refractivity contribution < 1.29 is 13.2 Å². The first-order valence-corrected chi connectivity index (χ1v) is 12.3. The molecule has 0 aliphatic carbocycles. The van der Waals surface area contributed by atoms with Crippen LogP contribution in [0.5, 0.6) is 0 Å². The molecule has 0 aromatic heterocycles. The number of amides is 1. The van der Waals surface area contributed by atoms with E-state index in [1.807, 2.05) is 56.9 Å². The van der Waals surface area contributed by atoms with Crippen LogP contribution in [0.1, 0.15) is 35.1 Å². The lowest BCUT2D eigenvalue weighted by atomic mass is 10.0. The van der Waals surface area contributed by atoms with Crippen molar-refractivity contribution in [1.82, 2.24) is 9.62 Å². The van der Waals surface area contributed by atoms with Gasteiger partial charge in [-0.25, -0.2) is 13.1 Å². The maximum Gasteiger partial charge on any atom is 0.241 e. The van der Waals surface area contributed by atoms with Crippen LogP contribution in [-0.4, -0.2) is 51.9 Å². The minimum atomic E-state index is -3.61. The van der Waals surface area contributed by atoms with E-state index in [0.717, 1.165) is 35.3 Å². The first-order valence-electron chi connectivity index (χ1n) is 10.9. The Labute approximate surface area is 186 Å². The molecular formula is C24H33N3O3S. The maximum absolute atomic E-state index is 12.9. The number of carbonyl (C=O) groups excluding carboxylic acids is 1. The lowest BCUT2D eigenvalue weighted by Crippen LogP contribution is -2.48. The summed E-state index contributed by atoms with van der Waals surface area (Å²) in [5.41, 5.74) is 4.67. The van der Waals surface area contributed by atoms with Crippen LogP contribution in [0.4, 0.5) is 5.69 Å². The summed E-state index contributed by atoms with van der Waals surface area (Å²) in [5.74, 6) is 0.0886. The average molecular weight is 444 g/mol. The number of rotatable bonds is 7. The minimum Gasteiger partial charge on any atom is -0.368 e. The fourth-order valence-electron chi connectivity index (χ4n) is 4.11. The standard InChI is InChI=1S/C24H33N3O3S/c1-18-17-19(2)21(4)24(20(18)3)31(29,30)25-12-8-11-23(28)27-15-13-26(14-16-27)22-9-6-5-7-10-22/h5-7,9-10,17,25H,8,11-16H2,1-4H3. The van der Waals surface area contributed by atoms with E-state index < -0.39 is 10.0 Å². The van der Waals surface area contributed by atoms with Gasteiger partial charge in [0.2, 0.25) is 15.9 Å².